The number of morpholine rings is 1. The van der Waals surface area contributed by atoms with E-state index in [1.165, 1.54) is 18.5 Å². The van der Waals surface area contributed by atoms with Crippen LogP contribution in [-0.2, 0) is 4.74 Å². The van der Waals surface area contributed by atoms with Crippen molar-refractivity contribution in [3.05, 3.63) is 47.3 Å². The van der Waals surface area contributed by atoms with Crippen LogP contribution in [0.5, 0.6) is 0 Å². The van der Waals surface area contributed by atoms with Crippen LogP contribution in [0, 0.1) is 5.82 Å². The van der Waals surface area contributed by atoms with E-state index in [0.717, 1.165) is 0 Å². The van der Waals surface area contributed by atoms with Gasteiger partial charge in [-0.15, -0.1) is 0 Å². The second-order valence-corrected chi connectivity index (χ2v) is 5.30. The van der Waals surface area contributed by atoms with E-state index < -0.39 is 11.7 Å². The van der Waals surface area contributed by atoms with Gasteiger partial charge in [0.2, 0.25) is 5.28 Å². The van der Waals surface area contributed by atoms with Crippen LogP contribution in [0.4, 0.5) is 15.8 Å². The quantitative estimate of drug-likeness (QED) is 0.871. The zero-order valence-corrected chi connectivity index (χ0v) is 12.9. The lowest BCUT2D eigenvalue weighted by atomic mass is 10.1. The summed E-state index contributed by atoms with van der Waals surface area (Å²) in [5.41, 5.74) is 1.08. The highest BCUT2D eigenvalue weighted by Crippen LogP contribution is 2.22. The Hall–Kier alpha value is -2.25. The molecule has 0 bridgehead atoms. The molecule has 0 aliphatic carbocycles. The van der Waals surface area contributed by atoms with Crippen LogP contribution in [0.2, 0.25) is 5.28 Å². The van der Waals surface area contributed by atoms with E-state index in [1.807, 2.05) is 4.90 Å². The minimum absolute atomic E-state index is 0.0870. The van der Waals surface area contributed by atoms with Crippen molar-refractivity contribution in [2.45, 2.75) is 0 Å². The number of anilines is 2. The van der Waals surface area contributed by atoms with Crippen molar-refractivity contribution in [2.75, 3.05) is 36.5 Å². The molecule has 1 aliphatic heterocycles. The molecule has 3 rings (SSSR count). The fourth-order valence-electron chi connectivity index (χ4n) is 2.29. The monoisotopic (exact) mass is 336 g/mol. The smallest absolute Gasteiger partial charge is 0.255 e. The molecule has 2 heterocycles. The van der Waals surface area contributed by atoms with Crippen LogP contribution >= 0.6 is 11.6 Å². The number of aromatic nitrogens is 2. The molecule has 1 aromatic heterocycles. The summed E-state index contributed by atoms with van der Waals surface area (Å²) < 4.78 is 19.5. The third-order valence-electron chi connectivity index (χ3n) is 3.44. The molecule has 1 saturated heterocycles. The fraction of sp³-hybridized carbons (Fsp3) is 0.267. The van der Waals surface area contributed by atoms with E-state index in [2.05, 4.69) is 15.3 Å². The lowest BCUT2D eigenvalue weighted by Gasteiger charge is -2.29. The maximum atomic E-state index is 14.3. The average Bonchev–Trinajstić information content (AvgIpc) is 2.57. The molecule has 0 unspecified atom stereocenters. The fourth-order valence-corrected chi connectivity index (χ4v) is 2.39. The van der Waals surface area contributed by atoms with E-state index in [1.54, 1.807) is 12.1 Å². The number of amides is 1. The Labute approximate surface area is 137 Å². The van der Waals surface area contributed by atoms with Crippen molar-refractivity contribution in [1.82, 2.24) is 9.97 Å². The number of rotatable bonds is 3. The highest BCUT2D eigenvalue weighted by atomic mass is 35.5. The van der Waals surface area contributed by atoms with Crippen molar-refractivity contribution in [3.63, 3.8) is 0 Å². The van der Waals surface area contributed by atoms with E-state index >= 15 is 0 Å². The summed E-state index contributed by atoms with van der Waals surface area (Å²) in [5.74, 6) is -0.879. The number of ether oxygens (including phenoxy) is 1. The van der Waals surface area contributed by atoms with Gasteiger partial charge in [0.25, 0.3) is 5.91 Å². The average molecular weight is 337 g/mol. The molecule has 1 N–H and O–H groups in total. The normalized spacial score (nSPS) is 14.6. The molecule has 1 aliphatic rings. The summed E-state index contributed by atoms with van der Waals surface area (Å²) >= 11 is 5.58. The molecular formula is C15H14ClFN4O2. The number of halogens is 2. The van der Waals surface area contributed by atoms with E-state index in [-0.39, 0.29) is 10.8 Å². The summed E-state index contributed by atoms with van der Waals surface area (Å²) in [4.78, 5) is 21.6. The summed E-state index contributed by atoms with van der Waals surface area (Å²) in [6, 6.07) is 4.41. The first kappa shape index (κ1) is 15.6. The first-order valence-electron chi connectivity index (χ1n) is 7.04. The van der Waals surface area contributed by atoms with Crippen LogP contribution in [0.25, 0.3) is 0 Å². The molecule has 2 aromatic rings. The Kier molecular flexibility index (Phi) is 4.68. The summed E-state index contributed by atoms with van der Waals surface area (Å²) in [5, 5.41) is 2.68. The van der Waals surface area contributed by atoms with E-state index in [4.69, 9.17) is 16.3 Å². The molecule has 1 aromatic carbocycles. The van der Waals surface area contributed by atoms with Crippen LogP contribution < -0.4 is 10.2 Å². The van der Waals surface area contributed by atoms with Gasteiger partial charge >= 0.3 is 0 Å². The van der Waals surface area contributed by atoms with Gasteiger partial charge in [-0.25, -0.2) is 14.4 Å². The van der Waals surface area contributed by atoms with Gasteiger partial charge in [-0.05, 0) is 29.8 Å². The molecular weight excluding hydrogens is 323 g/mol. The molecule has 0 saturated carbocycles. The third-order valence-corrected chi connectivity index (χ3v) is 3.64. The number of benzene rings is 1. The van der Waals surface area contributed by atoms with Crippen molar-refractivity contribution in [1.29, 1.82) is 0 Å². The number of nitrogens with one attached hydrogen (secondary N) is 1. The molecule has 0 radical (unpaired) electrons. The van der Waals surface area contributed by atoms with Gasteiger partial charge in [0.1, 0.15) is 5.82 Å². The second kappa shape index (κ2) is 6.89. The SMILES string of the molecule is O=C(Nc1cnc(Cl)nc1)c1ccc(N2CCOCC2)c(F)c1. The lowest BCUT2D eigenvalue weighted by molar-refractivity contribution is 0.102. The Balaban J connectivity index is 1.73. The van der Waals surface area contributed by atoms with Crippen LogP contribution in [0.3, 0.4) is 0 Å². The highest BCUT2D eigenvalue weighted by Gasteiger charge is 2.17. The number of hydrogen-bond donors (Lipinski definition) is 1. The van der Waals surface area contributed by atoms with Crippen LogP contribution in [0.15, 0.2) is 30.6 Å². The van der Waals surface area contributed by atoms with Crippen molar-refractivity contribution < 1.29 is 13.9 Å². The largest absolute Gasteiger partial charge is 0.378 e. The molecule has 0 spiro atoms. The molecule has 120 valence electrons. The Morgan fingerprint density at radius 2 is 1.96 bits per heavy atom. The predicted molar refractivity (Wildman–Crippen MR) is 84.4 cm³/mol. The lowest BCUT2D eigenvalue weighted by Crippen LogP contribution is -2.36. The van der Waals surface area contributed by atoms with Gasteiger partial charge in [0.15, 0.2) is 0 Å². The maximum Gasteiger partial charge on any atom is 0.255 e. The minimum atomic E-state index is -0.441. The predicted octanol–water partition coefficient (Wildman–Crippen LogP) is 2.36. The summed E-state index contributed by atoms with van der Waals surface area (Å²) in [6.07, 6.45) is 2.76. The number of nitrogens with zero attached hydrogens (tertiary/aromatic N) is 3. The van der Waals surface area contributed by atoms with Gasteiger partial charge in [0, 0.05) is 18.7 Å². The van der Waals surface area contributed by atoms with E-state index in [9.17, 15) is 9.18 Å². The van der Waals surface area contributed by atoms with Crippen molar-refractivity contribution in [2.24, 2.45) is 0 Å². The highest BCUT2D eigenvalue weighted by molar-refractivity contribution is 6.28. The number of hydrogen-bond acceptors (Lipinski definition) is 5. The zero-order chi connectivity index (χ0) is 16.2. The Bertz CT molecular complexity index is 705. The molecule has 1 fully saturated rings. The van der Waals surface area contributed by atoms with Crippen LogP contribution in [0.1, 0.15) is 10.4 Å². The molecule has 1 amide bonds. The first-order valence-corrected chi connectivity index (χ1v) is 7.42. The first-order chi connectivity index (χ1) is 11.1. The Morgan fingerprint density at radius 3 is 2.61 bits per heavy atom. The number of carbonyl (C=O) groups is 1. The topological polar surface area (TPSA) is 67.4 Å². The summed E-state index contributed by atoms with van der Waals surface area (Å²) in [6.45, 7) is 2.39. The maximum absolute atomic E-state index is 14.3. The number of carbonyl (C=O) groups excluding carboxylic acids is 1. The van der Waals surface area contributed by atoms with Crippen molar-refractivity contribution >= 4 is 28.9 Å². The van der Waals surface area contributed by atoms with Gasteiger partial charge in [-0.3, -0.25) is 4.79 Å². The molecule has 0 atom stereocenters. The third kappa shape index (κ3) is 3.75. The van der Waals surface area contributed by atoms with E-state index in [0.29, 0.717) is 37.7 Å². The van der Waals surface area contributed by atoms with Gasteiger partial charge < -0.3 is 15.0 Å². The van der Waals surface area contributed by atoms with Gasteiger partial charge in [-0.1, -0.05) is 0 Å². The minimum Gasteiger partial charge on any atom is -0.378 e. The molecule has 8 heteroatoms. The summed E-state index contributed by atoms with van der Waals surface area (Å²) in [7, 11) is 0. The van der Waals surface area contributed by atoms with Crippen molar-refractivity contribution in [3.8, 4) is 0 Å². The van der Waals surface area contributed by atoms with Gasteiger partial charge in [0.05, 0.1) is 37.0 Å². The molecule has 6 nitrogen and oxygen atoms in total. The van der Waals surface area contributed by atoms with Gasteiger partial charge in [-0.2, -0.15) is 0 Å². The standard InChI is InChI=1S/C15H14ClFN4O2/c16-15-18-8-11(9-19-15)20-14(22)10-1-2-13(12(17)7-10)21-3-5-23-6-4-21/h1-2,7-9H,3-6H2,(H,20,22). The zero-order valence-electron chi connectivity index (χ0n) is 12.1. The van der Waals surface area contributed by atoms with Crippen LogP contribution in [-0.4, -0.2) is 42.2 Å². The Morgan fingerprint density at radius 1 is 1.26 bits per heavy atom. The molecule has 23 heavy (non-hydrogen) atoms. The second-order valence-electron chi connectivity index (χ2n) is 4.96.